The van der Waals surface area contributed by atoms with Crippen LogP contribution in [-0.2, 0) is 13.0 Å². The topological polar surface area (TPSA) is 99.6 Å². The van der Waals surface area contributed by atoms with Gasteiger partial charge in [0.05, 0.1) is 15.7 Å². The Hall–Kier alpha value is -3.07. The molecule has 0 aliphatic carbocycles. The molecule has 0 saturated heterocycles. The van der Waals surface area contributed by atoms with Crippen molar-refractivity contribution in [2.75, 3.05) is 23.5 Å². The van der Waals surface area contributed by atoms with Crippen LogP contribution in [0, 0.1) is 0 Å². The molecule has 3 aromatic rings. The molecule has 0 atom stereocenters. The second-order valence-electron chi connectivity index (χ2n) is 7.21. The number of aromatic hydroxyl groups is 1. The summed E-state index contributed by atoms with van der Waals surface area (Å²) in [7, 11) is 0. The minimum absolute atomic E-state index is 0.0954. The van der Waals surface area contributed by atoms with Gasteiger partial charge in [0, 0.05) is 30.6 Å². The first-order valence-electron chi connectivity index (χ1n) is 9.59. The average molecular weight is 458 g/mol. The number of nitrogens with one attached hydrogen (secondary N) is 2. The zero-order chi connectivity index (χ0) is 21.5. The molecule has 2 aliphatic heterocycles. The largest absolute Gasteiger partial charge is 0.508 e. The number of halogens is 2. The van der Waals surface area contributed by atoms with E-state index < -0.39 is 5.91 Å². The summed E-state index contributed by atoms with van der Waals surface area (Å²) >= 11 is 12.4. The van der Waals surface area contributed by atoms with Crippen LogP contribution in [0.5, 0.6) is 11.6 Å². The predicted octanol–water partition coefficient (Wildman–Crippen LogP) is 3.88. The summed E-state index contributed by atoms with van der Waals surface area (Å²) in [4.78, 5) is 22.9. The lowest BCUT2D eigenvalue weighted by Gasteiger charge is -2.29. The lowest BCUT2D eigenvalue weighted by atomic mass is 10.0. The van der Waals surface area contributed by atoms with Gasteiger partial charge in [-0.2, -0.15) is 4.98 Å². The van der Waals surface area contributed by atoms with E-state index in [4.69, 9.17) is 27.9 Å². The normalized spacial score (nSPS) is 15.2. The first-order chi connectivity index (χ1) is 15.0. The van der Waals surface area contributed by atoms with Crippen LogP contribution in [0.2, 0.25) is 10.0 Å². The van der Waals surface area contributed by atoms with Crippen molar-refractivity contribution in [1.29, 1.82) is 0 Å². The Morgan fingerprint density at radius 2 is 1.97 bits per heavy atom. The molecule has 0 radical (unpaired) electrons. The summed E-state index contributed by atoms with van der Waals surface area (Å²) in [5.74, 6) is 0.00658. The predicted molar refractivity (Wildman–Crippen MR) is 118 cm³/mol. The van der Waals surface area contributed by atoms with E-state index in [2.05, 4.69) is 32.7 Å². The van der Waals surface area contributed by atoms with Gasteiger partial charge in [-0.3, -0.25) is 9.69 Å². The molecule has 1 aromatic heterocycles. The summed E-state index contributed by atoms with van der Waals surface area (Å²) in [6, 6.07) is 8.75. The fourth-order valence-corrected chi connectivity index (χ4v) is 4.35. The van der Waals surface area contributed by atoms with Crippen LogP contribution in [0.4, 0.5) is 17.3 Å². The molecule has 5 rings (SSSR count). The van der Waals surface area contributed by atoms with Gasteiger partial charge < -0.3 is 20.5 Å². The van der Waals surface area contributed by atoms with Crippen LogP contribution < -0.4 is 20.3 Å². The second-order valence-corrected chi connectivity index (χ2v) is 8.03. The maximum atomic E-state index is 13.0. The van der Waals surface area contributed by atoms with E-state index in [0.717, 1.165) is 25.2 Å². The third kappa shape index (κ3) is 3.74. The van der Waals surface area contributed by atoms with Gasteiger partial charge in [-0.15, -0.1) is 0 Å². The summed E-state index contributed by atoms with van der Waals surface area (Å²) in [5.41, 5.74) is 3.87. The van der Waals surface area contributed by atoms with Crippen molar-refractivity contribution in [1.82, 2.24) is 15.3 Å². The molecule has 0 spiro atoms. The number of phenols is 1. The highest BCUT2D eigenvalue weighted by atomic mass is 35.5. The zero-order valence-corrected chi connectivity index (χ0v) is 17.7. The van der Waals surface area contributed by atoms with Crippen molar-refractivity contribution < 1.29 is 14.6 Å². The Morgan fingerprint density at radius 3 is 2.77 bits per heavy atom. The lowest BCUT2D eigenvalue weighted by molar-refractivity contribution is 0.0932. The molecule has 3 N–H and O–H groups in total. The first kappa shape index (κ1) is 19.9. The molecule has 0 saturated carbocycles. The number of anilines is 3. The Labute approximate surface area is 187 Å². The first-order valence-corrected chi connectivity index (χ1v) is 10.3. The molecular weight excluding hydrogens is 441 g/mol. The van der Waals surface area contributed by atoms with Gasteiger partial charge in [-0.1, -0.05) is 29.3 Å². The standard InChI is InChI=1S/C21H17Cl2N5O3/c22-16-6-14(29)7-17(23)18(16)28-10-31-19-15(20(28)30)9-25-21(27-19)26-13-2-1-12-8-24-4-3-11(12)5-13/h1-2,5-7,9,24,29H,3-4,8,10H2,(H,25,26,27). The van der Waals surface area contributed by atoms with E-state index in [1.807, 2.05) is 6.07 Å². The number of nitrogens with zero attached hydrogens (tertiary/aromatic N) is 3. The van der Waals surface area contributed by atoms with Crippen molar-refractivity contribution >= 4 is 46.4 Å². The van der Waals surface area contributed by atoms with Crippen LogP contribution in [-0.4, -0.2) is 34.3 Å². The molecular formula is C21H17Cl2N5O3. The van der Waals surface area contributed by atoms with Gasteiger partial charge in [0.15, 0.2) is 6.73 Å². The monoisotopic (exact) mass is 457 g/mol. The van der Waals surface area contributed by atoms with Gasteiger partial charge >= 0.3 is 0 Å². The van der Waals surface area contributed by atoms with Crippen molar-refractivity contribution in [3.8, 4) is 11.6 Å². The van der Waals surface area contributed by atoms with E-state index in [1.54, 1.807) is 0 Å². The minimum atomic E-state index is -0.399. The lowest BCUT2D eigenvalue weighted by Crippen LogP contribution is -2.39. The summed E-state index contributed by atoms with van der Waals surface area (Å²) < 4.78 is 5.70. The molecule has 8 nitrogen and oxygen atoms in total. The smallest absolute Gasteiger partial charge is 0.268 e. The SMILES string of the molecule is O=C1c2cnc(Nc3ccc4c(c3)CCNC4)nc2OCN1c1c(Cl)cc(O)cc1Cl. The molecule has 31 heavy (non-hydrogen) atoms. The van der Waals surface area contributed by atoms with Gasteiger partial charge in [0.2, 0.25) is 11.8 Å². The van der Waals surface area contributed by atoms with Crippen molar-refractivity contribution in [2.24, 2.45) is 0 Å². The molecule has 2 aliphatic rings. The summed E-state index contributed by atoms with van der Waals surface area (Å²) in [6.07, 6.45) is 2.37. The maximum absolute atomic E-state index is 13.0. The highest BCUT2D eigenvalue weighted by molar-refractivity contribution is 6.40. The van der Waals surface area contributed by atoms with Crippen LogP contribution in [0.25, 0.3) is 0 Å². The minimum Gasteiger partial charge on any atom is -0.508 e. The van der Waals surface area contributed by atoms with Gasteiger partial charge in [-0.05, 0) is 36.2 Å². The van der Waals surface area contributed by atoms with Crippen LogP contribution >= 0.6 is 23.2 Å². The average Bonchev–Trinajstić information content (AvgIpc) is 2.74. The summed E-state index contributed by atoms with van der Waals surface area (Å²) in [6.45, 7) is 1.69. The Morgan fingerprint density at radius 1 is 1.16 bits per heavy atom. The maximum Gasteiger partial charge on any atom is 0.268 e. The van der Waals surface area contributed by atoms with Gasteiger partial charge in [-0.25, -0.2) is 4.98 Å². The Kier molecular flexibility index (Phi) is 5.05. The second kappa shape index (κ2) is 7.88. The summed E-state index contributed by atoms with van der Waals surface area (Å²) in [5, 5.41) is 16.4. The van der Waals surface area contributed by atoms with Gasteiger partial charge in [0.25, 0.3) is 5.91 Å². The van der Waals surface area contributed by atoms with Crippen molar-refractivity contribution in [2.45, 2.75) is 13.0 Å². The molecule has 10 heteroatoms. The van der Waals surface area contributed by atoms with Crippen LogP contribution in [0.3, 0.4) is 0 Å². The fourth-order valence-electron chi connectivity index (χ4n) is 3.67. The number of phenolic OH excluding ortho intramolecular Hbond substituents is 1. The van der Waals surface area contributed by atoms with Crippen LogP contribution in [0.15, 0.2) is 36.5 Å². The quantitative estimate of drug-likeness (QED) is 0.548. The van der Waals surface area contributed by atoms with Crippen molar-refractivity contribution in [3.63, 3.8) is 0 Å². The number of carbonyl (C=O) groups excluding carboxylic acids is 1. The number of amides is 1. The molecule has 0 bridgehead atoms. The Balaban J connectivity index is 1.40. The Bertz CT molecular complexity index is 1180. The molecule has 1 amide bonds. The highest BCUT2D eigenvalue weighted by Gasteiger charge is 2.31. The van der Waals surface area contributed by atoms with E-state index in [-0.39, 0.29) is 39.7 Å². The number of hydrogen-bond donors (Lipinski definition) is 3. The number of ether oxygens (including phenoxy) is 1. The highest BCUT2D eigenvalue weighted by Crippen LogP contribution is 2.39. The number of hydrogen-bond acceptors (Lipinski definition) is 7. The van der Waals surface area contributed by atoms with E-state index in [0.29, 0.717) is 5.95 Å². The van der Waals surface area contributed by atoms with E-state index in [9.17, 15) is 9.90 Å². The van der Waals surface area contributed by atoms with E-state index in [1.165, 1.54) is 34.4 Å². The number of fused-ring (bicyclic) bond motifs is 2. The molecule has 2 aromatic carbocycles. The zero-order valence-electron chi connectivity index (χ0n) is 16.2. The molecule has 3 heterocycles. The molecule has 158 valence electrons. The third-order valence-corrected chi connectivity index (χ3v) is 5.76. The third-order valence-electron chi connectivity index (χ3n) is 5.18. The van der Waals surface area contributed by atoms with Crippen LogP contribution in [0.1, 0.15) is 21.5 Å². The molecule has 0 unspecified atom stereocenters. The fraction of sp³-hybridized carbons (Fsp3) is 0.190. The molecule has 0 fully saturated rings. The number of carbonyl (C=O) groups is 1. The number of rotatable bonds is 3. The van der Waals surface area contributed by atoms with E-state index >= 15 is 0 Å². The van der Waals surface area contributed by atoms with Gasteiger partial charge in [0.1, 0.15) is 11.3 Å². The number of aromatic nitrogens is 2. The van der Waals surface area contributed by atoms with Crippen molar-refractivity contribution in [3.05, 3.63) is 63.3 Å². The number of benzene rings is 2.